The number of imidazole rings is 1. The maximum absolute atomic E-state index is 12.9. The molecule has 0 amide bonds. The van der Waals surface area contributed by atoms with Crippen LogP contribution in [0.15, 0.2) is 53.5 Å². The summed E-state index contributed by atoms with van der Waals surface area (Å²) < 4.78 is 11.4. The molecule has 4 aromatic rings. The molecular weight excluding hydrogens is 506 g/mol. The molecule has 0 radical (unpaired) electrons. The van der Waals surface area contributed by atoms with Gasteiger partial charge in [0.15, 0.2) is 0 Å². The van der Waals surface area contributed by atoms with E-state index in [0.717, 1.165) is 61.6 Å². The Morgan fingerprint density at radius 3 is 2.89 bits per heavy atom. The third-order valence-corrected chi connectivity index (χ3v) is 6.89. The first-order valence-electron chi connectivity index (χ1n) is 12.8. The first-order valence-corrected chi connectivity index (χ1v) is 13.2. The van der Waals surface area contributed by atoms with Crippen LogP contribution < -0.4 is 15.6 Å². The van der Waals surface area contributed by atoms with Gasteiger partial charge in [-0.3, -0.25) is 9.69 Å². The van der Waals surface area contributed by atoms with Crippen molar-refractivity contribution in [2.75, 3.05) is 51.3 Å². The number of morpholine rings is 1. The molecule has 0 aliphatic carbocycles. The second-order valence-electron chi connectivity index (χ2n) is 9.42. The normalized spacial score (nSPS) is 15.0. The summed E-state index contributed by atoms with van der Waals surface area (Å²) in [6.45, 7) is 7.30. The second kappa shape index (κ2) is 12.0. The quantitative estimate of drug-likeness (QED) is 0.225. The molecule has 4 N–H and O–H groups in total. The van der Waals surface area contributed by atoms with Gasteiger partial charge in [0, 0.05) is 43.5 Å². The van der Waals surface area contributed by atoms with E-state index in [4.69, 9.17) is 26.1 Å². The van der Waals surface area contributed by atoms with Crippen LogP contribution in [0.5, 0.6) is 5.75 Å². The Labute approximate surface area is 225 Å². The lowest BCUT2D eigenvalue weighted by Gasteiger charge is -2.26. The van der Waals surface area contributed by atoms with Crippen molar-refractivity contribution in [1.82, 2.24) is 19.9 Å². The Balaban J connectivity index is 1.30. The van der Waals surface area contributed by atoms with E-state index in [1.165, 1.54) is 0 Å². The number of pyridine rings is 1. The van der Waals surface area contributed by atoms with Gasteiger partial charge >= 0.3 is 0 Å². The number of anilines is 1. The SMILES string of the molecule is Cc1cc(OCCCN2CCOCC2)cc2[nH]c(-c3c(NC[C@@H](O)c4cccc(Cl)c4)cc[nH]c3=O)nc12. The molecule has 2 aromatic heterocycles. The number of aliphatic hydroxyl groups is 1. The Bertz CT molecular complexity index is 1450. The topological polar surface area (TPSA) is 115 Å². The number of halogens is 1. The zero-order valence-electron chi connectivity index (χ0n) is 21.3. The van der Waals surface area contributed by atoms with Gasteiger partial charge in [0.25, 0.3) is 5.56 Å². The van der Waals surface area contributed by atoms with Crippen molar-refractivity contribution in [2.45, 2.75) is 19.4 Å². The zero-order chi connectivity index (χ0) is 26.5. The first kappa shape index (κ1) is 26.2. The number of rotatable bonds is 10. The molecule has 2 aromatic carbocycles. The molecule has 5 rings (SSSR count). The number of aryl methyl sites for hydroxylation is 1. The summed E-state index contributed by atoms with van der Waals surface area (Å²) >= 11 is 6.06. The summed E-state index contributed by atoms with van der Waals surface area (Å²) in [7, 11) is 0. The van der Waals surface area contributed by atoms with Crippen molar-refractivity contribution < 1.29 is 14.6 Å². The van der Waals surface area contributed by atoms with E-state index in [2.05, 4.69) is 20.2 Å². The van der Waals surface area contributed by atoms with E-state index in [0.29, 0.717) is 34.3 Å². The summed E-state index contributed by atoms with van der Waals surface area (Å²) in [6.07, 6.45) is 1.69. The summed E-state index contributed by atoms with van der Waals surface area (Å²) in [5.41, 5.74) is 3.84. The van der Waals surface area contributed by atoms with Crippen molar-refractivity contribution in [3.8, 4) is 17.1 Å². The van der Waals surface area contributed by atoms with Crippen molar-refractivity contribution >= 4 is 28.3 Å². The van der Waals surface area contributed by atoms with Gasteiger partial charge in [0.1, 0.15) is 17.1 Å². The van der Waals surface area contributed by atoms with Gasteiger partial charge in [-0.2, -0.15) is 0 Å². The van der Waals surface area contributed by atoms with E-state index >= 15 is 0 Å². The van der Waals surface area contributed by atoms with Crippen LogP contribution >= 0.6 is 11.6 Å². The van der Waals surface area contributed by atoms with Crippen molar-refractivity contribution in [1.29, 1.82) is 0 Å². The molecule has 1 fully saturated rings. The highest BCUT2D eigenvalue weighted by Gasteiger charge is 2.17. The van der Waals surface area contributed by atoms with Gasteiger partial charge < -0.3 is 29.9 Å². The first-order chi connectivity index (χ1) is 18.5. The fourth-order valence-corrected chi connectivity index (χ4v) is 4.86. The van der Waals surface area contributed by atoms with Crippen LogP contribution in [0, 0.1) is 6.92 Å². The summed E-state index contributed by atoms with van der Waals surface area (Å²) in [5.74, 6) is 1.20. The van der Waals surface area contributed by atoms with E-state index in [-0.39, 0.29) is 12.1 Å². The minimum atomic E-state index is -0.804. The highest BCUT2D eigenvalue weighted by atomic mass is 35.5. The lowest BCUT2D eigenvalue weighted by Crippen LogP contribution is -2.37. The Morgan fingerprint density at radius 2 is 2.08 bits per heavy atom. The predicted molar refractivity (Wildman–Crippen MR) is 149 cm³/mol. The van der Waals surface area contributed by atoms with Crippen molar-refractivity contribution in [3.63, 3.8) is 0 Å². The van der Waals surface area contributed by atoms with Crippen molar-refractivity contribution in [3.05, 3.63) is 75.2 Å². The molecular formula is C28H32ClN5O4. The smallest absolute Gasteiger partial charge is 0.261 e. The van der Waals surface area contributed by atoms with Crippen molar-refractivity contribution in [2.24, 2.45) is 0 Å². The highest BCUT2D eigenvalue weighted by Crippen LogP contribution is 2.29. The maximum atomic E-state index is 12.9. The third kappa shape index (κ3) is 6.19. The fraction of sp³-hybridized carbons (Fsp3) is 0.357. The molecule has 1 saturated heterocycles. The minimum absolute atomic E-state index is 0.193. The summed E-state index contributed by atoms with van der Waals surface area (Å²) in [6, 6.07) is 12.7. The maximum Gasteiger partial charge on any atom is 0.261 e. The molecule has 1 atom stereocenters. The average Bonchev–Trinajstić information content (AvgIpc) is 3.34. The molecule has 0 bridgehead atoms. The molecule has 9 nitrogen and oxygen atoms in total. The van der Waals surface area contributed by atoms with Crippen LogP contribution in [0.1, 0.15) is 23.7 Å². The molecule has 0 spiro atoms. The van der Waals surface area contributed by atoms with Crippen LogP contribution in [0.4, 0.5) is 5.69 Å². The number of nitrogens with one attached hydrogen (secondary N) is 3. The molecule has 1 aliphatic heterocycles. The Hall–Kier alpha value is -3.37. The third-order valence-electron chi connectivity index (χ3n) is 6.66. The van der Waals surface area contributed by atoms with Gasteiger partial charge in [0.2, 0.25) is 0 Å². The minimum Gasteiger partial charge on any atom is -0.493 e. The number of hydrogen-bond donors (Lipinski definition) is 4. The van der Waals surface area contributed by atoms with E-state index in [1.807, 2.05) is 19.1 Å². The number of fused-ring (bicyclic) bond motifs is 1. The van der Waals surface area contributed by atoms with Gasteiger partial charge in [0.05, 0.1) is 42.6 Å². The predicted octanol–water partition coefficient (Wildman–Crippen LogP) is 4.13. The molecule has 200 valence electrons. The molecule has 38 heavy (non-hydrogen) atoms. The van der Waals surface area contributed by atoms with Crippen LogP contribution in [-0.4, -0.2) is 71.0 Å². The van der Waals surface area contributed by atoms with Crippen LogP contribution in [-0.2, 0) is 4.74 Å². The monoisotopic (exact) mass is 537 g/mol. The standard InChI is InChI=1S/C28H32ClN5O4/c1-18-14-21(38-11-3-8-34-9-12-37-13-10-34)16-23-26(18)33-27(32-23)25-22(6-7-30-28(25)36)31-17-24(35)19-4-2-5-20(29)15-19/h2,4-7,14-16,24,35H,3,8-13,17H2,1H3,(H,32,33)(H2,30,31,36)/t24-/m1/s1. The van der Waals surface area contributed by atoms with Gasteiger partial charge in [-0.15, -0.1) is 0 Å². The van der Waals surface area contributed by atoms with E-state index in [1.54, 1.807) is 36.5 Å². The highest BCUT2D eigenvalue weighted by molar-refractivity contribution is 6.30. The van der Waals surface area contributed by atoms with Crippen LogP contribution in [0.3, 0.4) is 0 Å². The number of aromatic amines is 2. The molecule has 10 heteroatoms. The lowest BCUT2D eigenvalue weighted by molar-refractivity contribution is 0.0358. The van der Waals surface area contributed by atoms with Crippen LogP contribution in [0.2, 0.25) is 5.02 Å². The van der Waals surface area contributed by atoms with Crippen LogP contribution in [0.25, 0.3) is 22.4 Å². The number of benzene rings is 2. The Morgan fingerprint density at radius 1 is 1.24 bits per heavy atom. The molecule has 0 saturated carbocycles. The van der Waals surface area contributed by atoms with Gasteiger partial charge in [-0.25, -0.2) is 4.98 Å². The largest absolute Gasteiger partial charge is 0.493 e. The zero-order valence-corrected chi connectivity index (χ0v) is 22.1. The summed E-state index contributed by atoms with van der Waals surface area (Å²) in [5, 5.41) is 14.4. The van der Waals surface area contributed by atoms with E-state index in [9.17, 15) is 9.90 Å². The summed E-state index contributed by atoms with van der Waals surface area (Å²) in [4.78, 5) is 26.0. The lowest BCUT2D eigenvalue weighted by atomic mass is 10.1. The molecule has 0 unspecified atom stereocenters. The molecule has 1 aliphatic rings. The average molecular weight is 538 g/mol. The second-order valence-corrected chi connectivity index (χ2v) is 9.86. The van der Waals surface area contributed by atoms with E-state index < -0.39 is 6.10 Å². The number of nitrogens with zero attached hydrogens (tertiary/aromatic N) is 2. The number of aliphatic hydroxyl groups excluding tert-OH is 1. The Kier molecular flexibility index (Phi) is 8.29. The number of aromatic nitrogens is 3. The number of H-pyrrole nitrogens is 2. The fourth-order valence-electron chi connectivity index (χ4n) is 4.66. The number of ether oxygens (including phenoxy) is 2. The van der Waals surface area contributed by atoms with Gasteiger partial charge in [-0.1, -0.05) is 23.7 Å². The van der Waals surface area contributed by atoms with Gasteiger partial charge in [-0.05, 0) is 48.7 Å². The number of hydrogen-bond acceptors (Lipinski definition) is 7. The molecule has 3 heterocycles.